The topological polar surface area (TPSA) is 36.1 Å². The van der Waals surface area contributed by atoms with Crippen LogP contribution in [0.2, 0.25) is 0 Å². The molecule has 0 spiro atoms. The SMILES string of the molecule is C=CC(C=C)=C(C)CC1CC(Cc2c(C(C)=NCCC)ccc(C#N)c2C)C(C=C)=C(C)C1C. The fraction of sp³-hybridized carbons (Fsp3) is 0.438. The van der Waals surface area contributed by atoms with E-state index >= 15 is 0 Å². The summed E-state index contributed by atoms with van der Waals surface area (Å²) in [7, 11) is 0. The lowest BCUT2D eigenvalue weighted by molar-refractivity contribution is 0.297. The highest BCUT2D eigenvalue weighted by molar-refractivity contribution is 6.00. The average molecular weight is 455 g/mol. The minimum atomic E-state index is 0.368. The number of benzene rings is 1. The normalized spacial score (nSPS) is 20.5. The molecule has 34 heavy (non-hydrogen) atoms. The maximum Gasteiger partial charge on any atom is 0.0994 e. The Morgan fingerprint density at radius 2 is 1.85 bits per heavy atom. The molecular weight excluding hydrogens is 412 g/mol. The van der Waals surface area contributed by atoms with Gasteiger partial charge in [-0.1, -0.05) is 69.0 Å². The van der Waals surface area contributed by atoms with Crippen molar-refractivity contribution in [2.24, 2.45) is 22.7 Å². The number of nitrogens with zero attached hydrogens (tertiary/aromatic N) is 2. The molecule has 180 valence electrons. The van der Waals surface area contributed by atoms with Crippen molar-refractivity contribution in [1.82, 2.24) is 0 Å². The van der Waals surface area contributed by atoms with E-state index in [-0.39, 0.29) is 0 Å². The summed E-state index contributed by atoms with van der Waals surface area (Å²) in [5, 5.41) is 9.71. The van der Waals surface area contributed by atoms with Crippen molar-refractivity contribution in [3.05, 3.63) is 94.6 Å². The molecule has 0 bridgehead atoms. The van der Waals surface area contributed by atoms with Gasteiger partial charge in [0.25, 0.3) is 0 Å². The highest BCUT2D eigenvalue weighted by atomic mass is 14.7. The van der Waals surface area contributed by atoms with Gasteiger partial charge in [0.05, 0.1) is 11.6 Å². The zero-order valence-corrected chi connectivity index (χ0v) is 22.2. The van der Waals surface area contributed by atoms with Crippen molar-refractivity contribution in [3.8, 4) is 6.07 Å². The predicted octanol–water partition coefficient (Wildman–Crippen LogP) is 8.48. The molecule has 1 aliphatic rings. The Morgan fingerprint density at radius 1 is 1.18 bits per heavy atom. The van der Waals surface area contributed by atoms with Gasteiger partial charge in [-0.15, -0.1) is 0 Å². The van der Waals surface area contributed by atoms with Crippen LogP contribution < -0.4 is 0 Å². The zero-order chi connectivity index (χ0) is 25.4. The molecule has 2 rings (SSSR count). The van der Waals surface area contributed by atoms with Crippen LogP contribution in [0, 0.1) is 36.0 Å². The van der Waals surface area contributed by atoms with Crippen LogP contribution in [0.1, 0.15) is 76.1 Å². The van der Waals surface area contributed by atoms with Crippen molar-refractivity contribution in [2.75, 3.05) is 6.54 Å². The van der Waals surface area contributed by atoms with Crippen LogP contribution in [0.4, 0.5) is 0 Å². The molecule has 0 saturated carbocycles. The van der Waals surface area contributed by atoms with E-state index in [0.29, 0.717) is 17.8 Å². The van der Waals surface area contributed by atoms with Gasteiger partial charge in [0, 0.05) is 12.3 Å². The lowest BCUT2D eigenvalue weighted by Crippen LogP contribution is -2.27. The molecule has 0 aliphatic heterocycles. The molecule has 2 heteroatoms. The number of hydrogen-bond donors (Lipinski definition) is 0. The number of hydrogen-bond acceptors (Lipinski definition) is 2. The van der Waals surface area contributed by atoms with E-state index in [1.165, 1.54) is 27.8 Å². The summed E-state index contributed by atoms with van der Waals surface area (Å²) in [4.78, 5) is 4.80. The lowest BCUT2D eigenvalue weighted by Gasteiger charge is -2.38. The molecule has 0 aromatic heterocycles. The van der Waals surface area contributed by atoms with E-state index < -0.39 is 0 Å². The van der Waals surface area contributed by atoms with Gasteiger partial charge in [-0.05, 0) is 105 Å². The largest absolute Gasteiger partial charge is 0.289 e. The maximum absolute atomic E-state index is 9.71. The van der Waals surface area contributed by atoms with Crippen LogP contribution in [-0.2, 0) is 6.42 Å². The highest BCUT2D eigenvalue weighted by Crippen LogP contribution is 2.43. The average Bonchev–Trinajstić information content (AvgIpc) is 2.82. The minimum absolute atomic E-state index is 0.368. The van der Waals surface area contributed by atoms with Gasteiger partial charge in [-0.25, -0.2) is 0 Å². The van der Waals surface area contributed by atoms with E-state index in [2.05, 4.69) is 79.5 Å². The summed E-state index contributed by atoms with van der Waals surface area (Å²) < 4.78 is 0. The Bertz CT molecular complexity index is 1060. The van der Waals surface area contributed by atoms with E-state index in [1.807, 2.05) is 18.2 Å². The molecule has 1 aromatic carbocycles. The zero-order valence-electron chi connectivity index (χ0n) is 22.2. The third-order valence-electron chi connectivity index (χ3n) is 7.73. The first-order valence-corrected chi connectivity index (χ1v) is 12.6. The molecule has 0 saturated heterocycles. The third kappa shape index (κ3) is 5.95. The van der Waals surface area contributed by atoms with Crippen molar-refractivity contribution in [1.29, 1.82) is 5.26 Å². The predicted molar refractivity (Wildman–Crippen MR) is 148 cm³/mol. The van der Waals surface area contributed by atoms with Gasteiger partial charge in [0.15, 0.2) is 0 Å². The summed E-state index contributed by atoms with van der Waals surface area (Å²) in [6.07, 6.45) is 9.94. The summed E-state index contributed by atoms with van der Waals surface area (Å²) in [6, 6.07) is 6.42. The Morgan fingerprint density at radius 3 is 2.41 bits per heavy atom. The standard InChI is InChI=1S/C32H42N2/c1-10-16-34-25(9)31-15-14-27(20-33)24(8)32(31)19-29-18-28(17-21(5)26(11-2)12-3)22(6)23(7)30(29)13-4/h11-15,22,28-29H,2-4,10,16-19H2,1,5-9H3. The van der Waals surface area contributed by atoms with Gasteiger partial charge in [0.2, 0.25) is 0 Å². The second-order valence-electron chi connectivity index (χ2n) is 9.72. The quantitative estimate of drug-likeness (QED) is 0.258. The Kier molecular flexibility index (Phi) is 10.1. The van der Waals surface area contributed by atoms with Gasteiger partial charge in [0.1, 0.15) is 0 Å². The van der Waals surface area contributed by atoms with E-state index in [0.717, 1.165) is 54.6 Å². The molecular formula is C32H42N2. The molecule has 0 N–H and O–H groups in total. The third-order valence-corrected chi connectivity index (χ3v) is 7.73. The van der Waals surface area contributed by atoms with Crippen molar-refractivity contribution < 1.29 is 0 Å². The maximum atomic E-state index is 9.71. The van der Waals surface area contributed by atoms with Crippen LogP contribution in [-0.4, -0.2) is 12.3 Å². The fourth-order valence-corrected chi connectivity index (χ4v) is 5.45. The molecule has 0 fully saturated rings. The van der Waals surface area contributed by atoms with Crippen LogP contribution in [0.25, 0.3) is 0 Å². The Hall–Kier alpha value is -2.92. The Labute approximate surface area is 208 Å². The van der Waals surface area contributed by atoms with Gasteiger partial charge < -0.3 is 0 Å². The Balaban J connectivity index is 2.55. The van der Waals surface area contributed by atoms with Gasteiger partial charge >= 0.3 is 0 Å². The molecule has 1 aliphatic carbocycles. The first kappa shape index (κ1) is 27.3. The molecule has 3 unspecified atom stereocenters. The smallest absolute Gasteiger partial charge is 0.0994 e. The van der Waals surface area contributed by atoms with Crippen LogP contribution in [0.15, 0.2) is 77.4 Å². The summed E-state index contributed by atoms with van der Waals surface area (Å²) >= 11 is 0. The number of nitriles is 1. The van der Waals surface area contributed by atoms with Crippen molar-refractivity contribution >= 4 is 5.71 Å². The van der Waals surface area contributed by atoms with Crippen LogP contribution in [0.5, 0.6) is 0 Å². The van der Waals surface area contributed by atoms with Crippen LogP contribution >= 0.6 is 0 Å². The molecule has 0 radical (unpaired) electrons. The first-order valence-electron chi connectivity index (χ1n) is 12.6. The van der Waals surface area contributed by atoms with Crippen molar-refractivity contribution in [2.45, 2.75) is 67.2 Å². The fourth-order valence-electron chi connectivity index (χ4n) is 5.45. The number of allylic oxidation sites excluding steroid dienone is 7. The van der Waals surface area contributed by atoms with Crippen LogP contribution in [0.3, 0.4) is 0 Å². The minimum Gasteiger partial charge on any atom is -0.289 e. The molecule has 1 aromatic rings. The van der Waals surface area contributed by atoms with E-state index in [1.54, 1.807) is 0 Å². The summed E-state index contributed by atoms with van der Waals surface area (Å²) in [6.45, 7) is 26.1. The van der Waals surface area contributed by atoms with E-state index in [9.17, 15) is 5.26 Å². The second kappa shape index (κ2) is 12.5. The lowest BCUT2D eigenvalue weighted by atomic mass is 9.67. The molecule has 2 nitrogen and oxygen atoms in total. The highest BCUT2D eigenvalue weighted by Gasteiger charge is 2.32. The van der Waals surface area contributed by atoms with E-state index in [4.69, 9.17) is 4.99 Å². The number of aliphatic imine (C=N–C) groups is 1. The summed E-state index contributed by atoms with van der Waals surface area (Å²) in [5.41, 5.74) is 10.6. The molecule has 3 atom stereocenters. The summed E-state index contributed by atoms with van der Waals surface area (Å²) in [5.74, 6) is 1.41. The van der Waals surface area contributed by atoms with Gasteiger partial charge in [-0.2, -0.15) is 5.26 Å². The second-order valence-corrected chi connectivity index (χ2v) is 9.72. The first-order chi connectivity index (χ1) is 16.2. The monoisotopic (exact) mass is 454 g/mol. The number of rotatable bonds is 10. The molecule has 0 heterocycles. The van der Waals surface area contributed by atoms with Crippen molar-refractivity contribution in [3.63, 3.8) is 0 Å². The molecule has 0 amide bonds. The van der Waals surface area contributed by atoms with Gasteiger partial charge in [-0.3, -0.25) is 4.99 Å².